The van der Waals surface area contributed by atoms with Gasteiger partial charge in [-0.2, -0.15) is 0 Å². The molecule has 0 unspecified atom stereocenters. The molecule has 0 spiro atoms. The van der Waals surface area contributed by atoms with E-state index in [9.17, 15) is 13.6 Å². The number of nitrogens with zero attached hydrogens (tertiary/aromatic N) is 1. The average Bonchev–Trinajstić information content (AvgIpc) is 2.19. The van der Waals surface area contributed by atoms with Gasteiger partial charge in [0.1, 0.15) is 0 Å². The molecule has 0 atom stereocenters. The Morgan fingerprint density at radius 1 is 1.62 bits per heavy atom. The van der Waals surface area contributed by atoms with Crippen LogP contribution in [0.3, 0.4) is 0 Å². The molecule has 1 N–H and O–H groups in total. The number of carboxylic acids is 1. The van der Waals surface area contributed by atoms with E-state index in [0.717, 1.165) is 0 Å². The molecule has 88 valence electrons. The van der Waals surface area contributed by atoms with Gasteiger partial charge < -0.3 is 5.11 Å². The topological polar surface area (TPSA) is 50.2 Å². The Labute approximate surface area is 99.6 Å². The Hall–Kier alpha value is -1.04. The third kappa shape index (κ3) is 2.75. The molecule has 1 heterocycles. The van der Waals surface area contributed by atoms with Gasteiger partial charge in [-0.15, -0.1) is 0 Å². The summed E-state index contributed by atoms with van der Waals surface area (Å²) < 4.78 is 25.6. The molecule has 0 aliphatic rings. The molecule has 3 nitrogen and oxygen atoms in total. The van der Waals surface area contributed by atoms with E-state index in [2.05, 4.69) is 20.9 Å². The lowest BCUT2D eigenvalue weighted by atomic mass is 10.0. The van der Waals surface area contributed by atoms with Crippen LogP contribution in [0.4, 0.5) is 8.78 Å². The lowest BCUT2D eigenvalue weighted by molar-refractivity contribution is -0.136. The molecule has 0 saturated carbocycles. The van der Waals surface area contributed by atoms with E-state index < -0.39 is 12.4 Å². The summed E-state index contributed by atoms with van der Waals surface area (Å²) in [5.74, 6) is -1.08. The van der Waals surface area contributed by atoms with Gasteiger partial charge in [0.2, 0.25) is 0 Å². The summed E-state index contributed by atoms with van der Waals surface area (Å²) in [5.41, 5.74) is 0.714. The van der Waals surface area contributed by atoms with Gasteiger partial charge in [0.05, 0.1) is 12.1 Å². The number of rotatable bonds is 4. The largest absolute Gasteiger partial charge is 0.481 e. The second-order valence-electron chi connectivity index (χ2n) is 3.27. The molecule has 0 fully saturated rings. The van der Waals surface area contributed by atoms with Gasteiger partial charge in [-0.1, -0.05) is 15.9 Å². The van der Waals surface area contributed by atoms with Gasteiger partial charge in [-0.3, -0.25) is 9.78 Å². The van der Waals surface area contributed by atoms with Crippen molar-refractivity contribution in [3.05, 3.63) is 28.6 Å². The number of carboxylic acid groups (broad SMARTS) is 1. The van der Waals surface area contributed by atoms with Crippen molar-refractivity contribution in [3.63, 3.8) is 0 Å². The van der Waals surface area contributed by atoms with Crippen molar-refractivity contribution in [2.45, 2.75) is 25.1 Å². The molecule has 6 heteroatoms. The molecule has 0 aromatic carbocycles. The van der Waals surface area contributed by atoms with Gasteiger partial charge in [-0.05, 0) is 18.1 Å². The van der Waals surface area contributed by atoms with Gasteiger partial charge >= 0.3 is 5.97 Å². The Bertz CT molecular complexity index is 410. The summed E-state index contributed by atoms with van der Waals surface area (Å²) in [6, 6.07) is 0. The van der Waals surface area contributed by atoms with Crippen molar-refractivity contribution in [3.8, 4) is 0 Å². The molecule has 16 heavy (non-hydrogen) atoms. The zero-order valence-corrected chi connectivity index (χ0v) is 10.1. The minimum Gasteiger partial charge on any atom is -0.481 e. The first kappa shape index (κ1) is 13.0. The maximum atomic E-state index is 12.8. The third-order valence-electron chi connectivity index (χ3n) is 2.24. The first-order valence-electron chi connectivity index (χ1n) is 4.50. The van der Waals surface area contributed by atoms with E-state index in [1.165, 1.54) is 13.1 Å². The number of pyridine rings is 1. The molecule has 0 aliphatic heterocycles. The predicted molar refractivity (Wildman–Crippen MR) is 57.9 cm³/mol. The first-order valence-corrected chi connectivity index (χ1v) is 5.62. The molecule has 0 saturated heterocycles. The normalized spacial score (nSPS) is 10.8. The van der Waals surface area contributed by atoms with E-state index in [-0.39, 0.29) is 28.6 Å². The fourth-order valence-corrected chi connectivity index (χ4v) is 1.90. The Kier molecular flexibility index (Phi) is 4.35. The molecule has 0 aliphatic carbocycles. The summed E-state index contributed by atoms with van der Waals surface area (Å²) in [4.78, 5) is 14.4. The number of hydrogen-bond acceptors (Lipinski definition) is 2. The Morgan fingerprint density at radius 2 is 2.25 bits per heavy atom. The first-order chi connectivity index (χ1) is 7.47. The summed E-state index contributed by atoms with van der Waals surface area (Å²) >= 11 is 3.10. The molecule has 0 bridgehead atoms. The van der Waals surface area contributed by atoms with Crippen LogP contribution in [0.2, 0.25) is 0 Å². The van der Waals surface area contributed by atoms with E-state index in [4.69, 9.17) is 5.11 Å². The highest BCUT2D eigenvalue weighted by Gasteiger charge is 2.19. The van der Waals surface area contributed by atoms with Crippen molar-refractivity contribution >= 4 is 21.9 Å². The third-order valence-corrected chi connectivity index (χ3v) is 2.84. The van der Waals surface area contributed by atoms with E-state index in [1.807, 2.05) is 0 Å². The van der Waals surface area contributed by atoms with E-state index in [0.29, 0.717) is 5.56 Å². The highest BCUT2D eigenvalue weighted by Crippen LogP contribution is 2.29. The van der Waals surface area contributed by atoms with Crippen molar-refractivity contribution in [1.29, 1.82) is 0 Å². The van der Waals surface area contributed by atoms with E-state index >= 15 is 0 Å². The SMILES string of the molecule is Cc1c(CC(=O)O)ncc(CBr)c1C(F)F. The average molecular weight is 294 g/mol. The predicted octanol–water partition coefficient (Wildman–Crippen LogP) is 2.85. The molecule has 0 amide bonds. The van der Waals surface area contributed by atoms with Crippen molar-refractivity contribution in [2.24, 2.45) is 0 Å². The number of hydrogen-bond donors (Lipinski definition) is 1. The van der Waals surface area contributed by atoms with E-state index in [1.54, 1.807) is 0 Å². The minimum atomic E-state index is -2.62. The fourth-order valence-electron chi connectivity index (χ4n) is 1.45. The number of aliphatic carboxylic acids is 1. The lowest BCUT2D eigenvalue weighted by Gasteiger charge is -2.12. The van der Waals surface area contributed by atoms with Crippen LogP contribution in [0.1, 0.15) is 28.8 Å². The van der Waals surface area contributed by atoms with Crippen LogP contribution in [-0.4, -0.2) is 16.1 Å². The fraction of sp³-hybridized carbons (Fsp3) is 0.400. The second kappa shape index (κ2) is 5.34. The van der Waals surface area contributed by atoms with Gasteiger partial charge in [0.15, 0.2) is 0 Å². The molecular formula is C10H10BrF2NO2. The van der Waals surface area contributed by atoms with Crippen molar-refractivity contribution in [1.82, 2.24) is 4.98 Å². The lowest BCUT2D eigenvalue weighted by Crippen LogP contribution is -2.08. The standard InChI is InChI=1S/C10H10BrF2NO2/c1-5-7(2-8(15)16)14-4-6(3-11)9(5)10(12)13/h4,10H,2-3H2,1H3,(H,15,16). The summed E-state index contributed by atoms with van der Waals surface area (Å²) in [7, 11) is 0. The monoisotopic (exact) mass is 293 g/mol. The van der Waals surface area contributed by atoms with Crippen molar-refractivity contribution in [2.75, 3.05) is 0 Å². The zero-order chi connectivity index (χ0) is 12.3. The van der Waals surface area contributed by atoms with Crippen LogP contribution in [0.25, 0.3) is 0 Å². The molecule has 1 aromatic heterocycles. The smallest absolute Gasteiger partial charge is 0.309 e. The van der Waals surface area contributed by atoms with Crippen molar-refractivity contribution < 1.29 is 18.7 Å². The van der Waals surface area contributed by atoms with Crippen LogP contribution < -0.4 is 0 Å². The van der Waals surface area contributed by atoms with Crippen LogP contribution >= 0.6 is 15.9 Å². The summed E-state index contributed by atoms with van der Waals surface area (Å²) in [5, 5.41) is 8.88. The van der Waals surface area contributed by atoms with Crippen LogP contribution in [0.15, 0.2) is 6.20 Å². The highest BCUT2D eigenvalue weighted by molar-refractivity contribution is 9.08. The minimum absolute atomic E-state index is 0.122. The van der Waals surface area contributed by atoms with Gasteiger partial charge in [0, 0.05) is 17.1 Å². The second-order valence-corrected chi connectivity index (χ2v) is 3.83. The Balaban J connectivity index is 3.26. The molecule has 0 radical (unpaired) electrons. The van der Waals surface area contributed by atoms with Crippen LogP contribution in [-0.2, 0) is 16.5 Å². The van der Waals surface area contributed by atoms with Gasteiger partial charge in [0.25, 0.3) is 6.43 Å². The summed E-state index contributed by atoms with van der Waals surface area (Å²) in [6.45, 7) is 1.47. The summed E-state index contributed by atoms with van der Waals surface area (Å²) in [6.07, 6.45) is -1.67. The van der Waals surface area contributed by atoms with Crippen LogP contribution in [0.5, 0.6) is 0 Å². The molecule has 1 rings (SSSR count). The van der Waals surface area contributed by atoms with Crippen LogP contribution in [0, 0.1) is 6.92 Å². The zero-order valence-electron chi connectivity index (χ0n) is 8.51. The maximum absolute atomic E-state index is 12.8. The van der Waals surface area contributed by atoms with Gasteiger partial charge in [-0.25, -0.2) is 8.78 Å². The molecule has 1 aromatic rings. The number of carbonyl (C=O) groups is 1. The quantitative estimate of drug-likeness (QED) is 0.869. The Morgan fingerprint density at radius 3 is 2.69 bits per heavy atom. The number of halogens is 3. The highest BCUT2D eigenvalue weighted by atomic mass is 79.9. The maximum Gasteiger partial charge on any atom is 0.309 e. The number of alkyl halides is 3. The number of aromatic nitrogens is 1. The molecular weight excluding hydrogens is 284 g/mol.